The first-order chi connectivity index (χ1) is 28.2. The fraction of sp³-hybridized carbons (Fsp3) is 0.721. The number of allylic oxidation sites excluding steroid dienone is 8. The van der Waals surface area contributed by atoms with Gasteiger partial charge in [-0.05, 0) is 50.9 Å². The number of phosphoric acid groups is 2. The van der Waals surface area contributed by atoms with Crippen LogP contribution in [0.1, 0.15) is 149 Å². The maximum Gasteiger partial charge on any atom is 0.472 e. The highest BCUT2D eigenvalue weighted by atomic mass is 31.2. The van der Waals surface area contributed by atoms with Crippen LogP contribution in [0.4, 0.5) is 0 Å². The lowest BCUT2D eigenvalue weighted by molar-refractivity contribution is -0.161. The van der Waals surface area contributed by atoms with Gasteiger partial charge in [0.1, 0.15) is 12.7 Å². The van der Waals surface area contributed by atoms with E-state index in [0.29, 0.717) is 32.1 Å². The highest BCUT2D eigenvalue weighted by Gasteiger charge is 2.28. The minimum Gasteiger partial charge on any atom is -0.462 e. The van der Waals surface area contributed by atoms with Crippen LogP contribution < -0.4 is 0 Å². The molecule has 0 amide bonds. The third-order valence-corrected chi connectivity index (χ3v) is 10.5. The molecule has 0 fully saturated rings. The molecule has 0 spiro atoms. The topological polar surface area (TPSA) is 216 Å². The predicted octanol–water partition coefficient (Wildman–Crippen LogP) is 9.66. The summed E-state index contributed by atoms with van der Waals surface area (Å²) in [7, 11) is -9.72. The van der Waals surface area contributed by atoms with Crippen LogP contribution in [-0.4, -0.2) is 81.6 Å². The van der Waals surface area contributed by atoms with E-state index in [1.165, 1.54) is 51.4 Å². The van der Waals surface area contributed by atoms with Gasteiger partial charge in [-0.3, -0.25) is 23.2 Å². The van der Waals surface area contributed by atoms with E-state index in [9.17, 15) is 33.8 Å². The zero-order valence-corrected chi connectivity index (χ0v) is 37.6. The molecule has 0 bridgehead atoms. The van der Waals surface area contributed by atoms with Gasteiger partial charge in [0.25, 0.3) is 0 Å². The molecule has 16 heteroatoms. The van der Waals surface area contributed by atoms with Crippen molar-refractivity contribution in [2.24, 2.45) is 5.92 Å². The highest BCUT2D eigenvalue weighted by Crippen LogP contribution is 2.43. The van der Waals surface area contributed by atoms with Gasteiger partial charge < -0.3 is 34.4 Å². The minimum absolute atomic E-state index is 0.0197. The maximum atomic E-state index is 12.6. The molecule has 342 valence electrons. The van der Waals surface area contributed by atoms with Gasteiger partial charge >= 0.3 is 27.6 Å². The fourth-order valence-corrected chi connectivity index (χ4v) is 6.54. The van der Waals surface area contributed by atoms with Crippen molar-refractivity contribution in [2.75, 3.05) is 26.4 Å². The van der Waals surface area contributed by atoms with Gasteiger partial charge in [-0.15, -0.1) is 0 Å². The summed E-state index contributed by atoms with van der Waals surface area (Å²) < 4.78 is 47.6. The Morgan fingerprint density at radius 2 is 1.20 bits per heavy atom. The predicted molar refractivity (Wildman–Crippen MR) is 231 cm³/mol. The average molecular weight is 879 g/mol. The van der Waals surface area contributed by atoms with Crippen molar-refractivity contribution in [3.63, 3.8) is 0 Å². The van der Waals surface area contributed by atoms with E-state index in [0.717, 1.165) is 38.0 Å². The van der Waals surface area contributed by atoms with Gasteiger partial charge in [0.15, 0.2) is 6.10 Å². The Hall–Kier alpha value is -2.22. The van der Waals surface area contributed by atoms with Crippen LogP contribution in [0, 0.1) is 5.92 Å². The zero-order valence-electron chi connectivity index (χ0n) is 35.9. The molecule has 0 aromatic heterocycles. The molecule has 14 nitrogen and oxygen atoms in total. The lowest BCUT2D eigenvalue weighted by Gasteiger charge is -2.20. The van der Waals surface area contributed by atoms with Crippen LogP contribution in [0.2, 0.25) is 0 Å². The molecule has 0 heterocycles. The highest BCUT2D eigenvalue weighted by molar-refractivity contribution is 7.47. The van der Waals surface area contributed by atoms with Crippen LogP contribution in [0.5, 0.6) is 0 Å². The zero-order chi connectivity index (χ0) is 44.0. The normalized spacial score (nSPS) is 15.7. The number of carbonyl (C=O) groups is 2. The Morgan fingerprint density at radius 1 is 0.627 bits per heavy atom. The molecule has 0 radical (unpaired) electrons. The SMILES string of the molecule is CC/C=C\C/C=C\CC(O)/C=C/C=C\C/C=C\CCCC(=O)O[C@H](COC(=O)CCCCCCCCCCCCC(C)CC)COP(=O)(O)OC[C@@H](O)COP(=O)(O)O. The van der Waals surface area contributed by atoms with Gasteiger partial charge in [0.05, 0.1) is 25.9 Å². The van der Waals surface area contributed by atoms with Crippen LogP contribution in [0.25, 0.3) is 0 Å². The Kier molecular flexibility index (Phi) is 36.1. The summed E-state index contributed by atoms with van der Waals surface area (Å²) in [5.41, 5.74) is 0. The summed E-state index contributed by atoms with van der Waals surface area (Å²) in [6.07, 6.45) is 34.0. The van der Waals surface area contributed by atoms with Gasteiger partial charge in [-0.25, -0.2) is 9.13 Å². The van der Waals surface area contributed by atoms with Crippen molar-refractivity contribution in [3.8, 4) is 0 Å². The molecule has 0 aromatic carbocycles. The van der Waals surface area contributed by atoms with Gasteiger partial charge in [-0.2, -0.15) is 0 Å². The van der Waals surface area contributed by atoms with Crippen molar-refractivity contribution in [3.05, 3.63) is 60.8 Å². The quantitative estimate of drug-likeness (QED) is 0.0128. The second-order valence-corrected chi connectivity index (χ2v) is 17.4. The van der Waals surface area contributed by atoms with E-state index in [4.69, 9.17) is 23.8 Å². The van der Waals surface area contributed by atoms with Crippen molar-refractivity contribution in [1.29, 1.82) is 0 Å². The number of phosphoric ester groups is 2. The van der Waals surface area contributed by atoms with E-state index in [1.54, 1.807) is 12.2 Å². The second-order valence-electron chi connectivity index (χ2n) is 14.7. The first-order valence-electron chi connectivity index (χ1n) is 21.5. The summed E-state index contributed by atoms with van der Waals surface area (Å²) in [5.74, 6) is -0.325. The molecule has 0 saturated heterocycles. The molecule has 3 unspecified atom stereocenters. The number of aliphatic hydroxyl groups excluding tert-OH is 2. The van der Waals surface area contributed by atoms with E-state index < -0.39 is 72.3 Å². The Balaban J connectivity index is 4.71. The van der Waals surface area contributed by atoms with Crippen molar-refractivity contribution >= 4 is 27.6 Å². The third-order valence-electron chi connectivity index (χ3n) is 9.03. The second kappa shape index (κ2) is 37.5. The number of hydrogen-bond donors (Lipinski definition) is 5. The van der Waals surface area contributed by atoms with Crippen LogP contribution in [0.3, 0.4) is 0 Å². The lowest BCUT2D eigenvalue weighted by Crippen LogP contribution is -2.29. The molecule has 0 aliphatic rings. The molecule has 0 rings (SSSR count). The monoisotopic (exact) mass is 878 g/mol. The van der Waals surface area contributed by atoms with Crippen LogP contribution in [0.15, 0.2) is 60.8 Å². The number of hydrogen-bond acceptors (Lipinski definition) is 11. The van der Waals surface area contributed by atoms with Crippen molar-refractivity contribution in [1.82, 2.24) is 0 Å². The van der Waals surface area contributed by atoms with Crippen molar-refractivity contribution in [2.45, 2.75) is 167 Å². The van der Waals surface area contributed by atoms with Gasteiger partial charge in [-0.1, -0.05) is 152 Å². The van der Waals surface area contributed by atoms with E-state index in [1.807, 2.05) is 36.5 Å². The lowest BCUT2D eigenvalue weighted by atomic mass is 9.99. The Bertz CT molecular complexity index is 1310. The summed E-state index contributed by atoms with van der Waals surface area (Å²) in [5, 5.41) is 19.8. The molecule has 0 aliphatic carbocycles. The molecule has 0 saturated carbocycles. The van der Waals surface area contributed by atoms with Crippen LogP contribution >= 0.6 is 15.6 Å². The molecule has 0 aromatic rings. The van der Waals surface area contributed by atoms with E-state index in [-0.39, 0.29) is 12.8 Å². The number of carbonyl (C=O) groups excluding carboxylic acids is 2. The van der Waals surface area contributed by atoms with Gasteiger partial charge in [0, 0.05) is 12.8 Å². The minimum atomic E-state index is -4.88. The van der Waals surface area contributed by atoms with Crippen LogP contribution in [-0.2, 0) is 41.8 Å². The summed E-state index contributed by atoms with van der Waals surface area (Å²) in [6.45, 7) is 3.81. The maximum absolute atomic E-state index is 12.6. The van der Waals surface area contributed by atoms with Crippen molar-refractivity contribution < 1.29 is 66.7 Å². The van der Waals surface area contributed by atoms with E-state index >= 15 is 0 Å². The molecular formula is C43H76O14P2. The number of ether oxygens (including phenoxy) is 2. The van der Waals surface area contributed by atoms with E-state index in [2.05, 4.69) is 42.0 Å². The largest absolute Gasteiger partial charge is 0.472 e. The molecule has 59 heavy (non-hydrogen) atoms. The Morgan fingerprint density at radius 3 is 1.86 bits per heavy atom. The standard InChI is InChI=1S/C43H76O14P2/c1-4-6-7-8-20-25-30-39(44)31-26-21-16-13-14-18-23-28-33-43(47)57-41(37-56-59(51,52)55-35-40(45)34-54-58(48,49)50)36-53-42(46)32-27-22-17-12-10-9-11-15-19-24-29-38(3)5-2/h6-7,14,16,18,20-21,25-26,31,38-41,44-45H,4-5,8-13,15,17,19,22-24,27-30,32-37H2,1-3H3,(H,51,52)(H2,48,49,50)/b7-6-,18-14-,21-16-,25-20-,31-26+/t38?,39?,40-,41+/m0/s1. The first-order valence-corrected chi connectivity index (χ1v) is 24.5. The third kappa shape index (κ3) is 40.9. The molecule has 5 atom stereocenters. The summed E-state index contributed by atoms with van der Waals surface area (Å²) in [4.78, 5) is 52.6. The average Bonchev–Trinajstić information content (AvgIpc) is 3.19. The first kappa shape index (κ1) is 56.8. The molecule has 5 N–H and O–H groups in total. The number of esters is 2. The molecule has 0 aliphatic heterocycles. The summed E-state index contributed by atoms with van der Waals surface area (Å²) >= 11 is 0. The summed E-state index contributed by atoms with van der Waals surface area (Å²) in [6, 6.07) is 0. The number of aliphatic hydroxyl groups is 2. The molecular weight excluding hydrogens is 802 g/mol. The van der Waals surface area contributed by atoms with Gasteiger partial charge in [0.2, 0.25) is 0 Å². The number of unbranched alkanes of at least 4 members (excludes halogenated alkanes) is 10. The smallest absolute Gasteiger partial charge is 0.462 e. The Labute approximate surface area is 354 Å². The number of rotatable bonds is 39. The fourth-order valence-electron chi connectivity index (χ4n) is 5.38.